The molecule has 0 radical (unpaired) electrons. The molecule has 2 rings (SSSR count). The van der Waals surface area contributed by atoms with E-state index in [-0.39, 0.29) is 0 Å². The molecule has 0 spiro atoms. The van der Waals surface area contributed by atoms with Crippen molar-refractivity contribution < 1.29 is 0 Å². The van der Waals surface area contributed by atoms with Crippen LogP contribution < -0.4 is 5.32 Å². The zero-order valence-corrected chi connectivity index (χ0v) is 15.0. The van der Waals surface area contributed by atoms with Crippen molar-refractivity contribution in [2.24, 2.45) is 10.8 Å². The topological polar surface area (TPSA) is 12.0 Å². The van der Waals surface area contributed by atoms with Gasteiger partial charge in [0.05, 0.1) is 3.79 Å². The van der Waals surface area contributed by atoms with E-state index in [0.29, 0.717) is 16.9 Å². The second kappa shape index (κ2) is 5.87. The Kier molecular flexibility index (Phi) is 4.79. The molecule has 0 saturated heterocycles. The lowest BCUT2D eigenvalue weighted by molar-refractivity contribution is 0.0854. The van der Waals surface area contributed by atoms with Crippen molar-refractivity contribution in [1.82, 2.24) is 5.32 Å². The molecule has 3 heteroatoms. The first-order valence-electron chi connectivity index (χ1n) is 7.23. The van der Waals surface area contributed by atoms with Crippen molar-refractivity contribution in [3.63, 3.8) is 0 Å². The molecule has 1 fully saturated rings. The summed E-state index contributed by atoms with van der Waals surface area (Å²) in [6.07, 6.45) is 5.11. The smallest absolute Gasteiger partial charge is 0.0701 e. The minimum Gasteiger partial charge on any atom is -0.314 e. The Morgan fingerprint density at radius 2 is 1.84 bits per heavy atom. The lowest BCUT2D eigenvalue weighted by Crippen LogP contribution is -2.44. The molecule has 1 nitrogen and oxygen atoms in total. The van der Waals surface area contributed by atoms with Crippen LogP contribution in [0.2, 0.25) is 0 Å². The fourth-order valence-corrected chi connectivity index (χ4v) is 5.36. The molecule has 1 saturated carbocycles. The van der Waals surface area contributed by atoms with Gasteiger partial charge in [-0.05, 0) is 64.6 Å². The van der Waals surface area contributed by atoms with E-state index >= 15 is 0 Å². The van der Waals surface area contributed by atoms with Crippen molar-refractivity contribution in [2.75, 3.05) is 6.54 Å². The van der Waals surface area contributed by atoms with Gasteiger partial charge in [0.1, 0.15) is 0 Å². The van der Waals surface area contributed by atoms with Crippen LogP contribution >= 0.6 is 27.3 Å². The lowest BCUT2D eigenvalue weighted by atomic mass is 9.63. The number of thiophene rings is 1. The molecule has 0 aromatic carbocycles. The van der Waals surface area contributed by atoms with Crippen LogP contribution in [0, 0.1) is 10.8 Å². The first-order chi connectivity index (χ1) is 8.76. The monoisotopic (exact) mass is 343 g/mol. The van der Waals surface area contributed by atoms with E-state index in [1.54, 1.807) is 0 Å². The van der Waals surface area contributed by atoms with Crippen molar-refractivity contribution in [3.05, 3.63) is 20.8 Å². The van der Waals surface area contributed by atoms with Gasteiger partial charge in [-0.1, -0.05) is 27.7 Å². The second-order valence-corrected chi connectivity index (χ2v) is 10.1. The lowest BCUT2D eigenvalue weighted by Gasteiger charge is -2.45. The van der Waals surface area contributed by atoms with Crippen LogP contribution in [0.3, 0.4) is 0 Å². The highest BCUT2D eigenvalue weighted by Crippen LogP contribution is 2.45. The summed E-state index contributed by atoms with van der Waals surface area (Å²) in [7, 11) is 0. The predicted octanol–water partition coefficient (Wildman–Crippen LogP) is 5.25. The molecule has 0 bridgehead atoms. The fourth-order valence-electron chi connectivity index (χ4n) is 3.88. The third kappa shape index (κ3) is 4.87. The van der Waals surface area contributed by atoms with Gasteiger partial charge in [0, 0.05) is 17.5 Å². The van der Waals surface area contributed by atoms with Gasteiger partial charge >= 0.3 is 0 Å². The van der Waals surface area contributed by atoms with Gasteiger partial charge < -0.3 is 5.32 Å². The number of halogens is 1. The van der Waals surface area contributed by atoms with Crippen molar-refractivity contribution in [1.29, 1.82) is 0 Å². The van der Waals surface area contributed by atoms with E-state index < -0.39 is 0 Å². The number of hydrogen-bond acceptors (Lipinski definition) is 2. The molecular weight excluding hydrogens is 318 g/mol. The summed E-state index contributed by atoms with van der Waals surface area (Å²) in [5.41, 5.74) is 0.955. The van der Waals surface area contributed by atoms with E-state index in [0.717, 1.165) is 13.0 Å². The molecule has 108 valence electrons. The van der Waals surface area contributed by atoms with Gasteiger partial charge in [-0.15, -0.1) is 11.3 Å². The SMILES string of the molecule is CC1(C)CC(NCCc2ccc(Br)s2)CC(C)(C)C1. The van der Waals surface area contributed by atoms with Crippen molar-refractivity contribution in [2.45, 2.75) is 59.4 Å². The molecule has 1 N–H and O–H groups in total. The van der Waals surface area contributed by atoms with Crippen LogP contribution in [0.4, 0.5) is 0 Å². The normalized spacial score (nSPS) is 22.6. The van der Waals surface area contributed by atoms with E-state index in [9.17, 15) is 0 Å². The highest BCUT2D eigenvalue weighted by atomic mass is 79.9. The molecular formula is C16H26BrNS. The maximum atomic E-state index is 3.78. The summed E-state index contributed by atoms with van der Waals surface area (Å²) < 4.78 is 1.24. The minimum absolute atomic E-state index is 0.478. The average molecular weight is 344 g/mol. The summed E-state index contributed by atoms with van der Waals surface area (Å²) in [5, 5.41) is 3.78. The third-order valence-corrected chi connectivity index (χ3v) is 5.67. The standard InChI is InChI=1S/C16H26BrNS/c1-15(2)9-12(10-16(3,4)11-15)18-8-7-13-5-6-14(17)19-13/h5-6,12,18H,7-11H2,1-4H3. The molecule has 0 amide bonds. The van der Waals surface area contributed by atoms with E-state index in [4.69, 9.17) is 0 Å². The Hall–Kier alpha value is 0.140. The minimum atomic E-state index is 0.478. The van der Waals surface area contributed by atoms with Crippen LogP contribution in [0.5, 0.6) is 0 Å². The van der Waals surface area contributed by atoms with Gasteiger partial charge in [-0.3, -0.25) is 0 Å². The van der Waals surface area contributed by atoms with Crippen molar-refractivity contribution in [3.8, 4) is 0 Å². The van der Waals surface area contributed by atoms with Crippen LogP contribution in [-0.2, 0) is 6.42 Å². The summed E-state index contributed by atoms with van der Waals surface area (Å²) >= 11 is 5.38. The van der Waals surface area contributed by atoms with Gasteiger partial charge in [-0.2, -0.15) is 0 Å². The summed E-state index contributed by atoms with van der Waals surface area (Å²) in [6.45, 7) is 10.8. The molecule has 19 heavy (non-hydrogen) atoms. The molecule has 1 aliphatic rings. The van der Waals surface area contributed by atoms with Crippen LogP contribution in [0.1, 0.15) is 51.8 Å². The maximum Gasteiger partial charge on any atom is 0.0701 e. The number of rotatable bonds is 4. The van der Waals surface area contributed by atoms with Crippen LogP contribution in [0.15, 0.2) is 15.9 Å². The van der Waals surface area contributed by atoms with Gasteiger partial charge in [-0.25, -0.2) is 0 Å². The zero-order chi connectivity index (χ0) is 14.1. The van der Waals surface area contributed by atoms with E-state index in [1.807, 2.05) is 11.3 Å². The Balaban J connectivity index is 1.82. The van der Waals surface area contributed by atoms with Crippen LogP contribution in [0.25, 0.3) is 0 Å². The highest BCUT2D eigenvalue weighted by Gasteiger charge is 2.37. The fraction of sp³-hybridized carbons (Fsp3) is 0.750. The Morgan fingerprint density at radius 3 is 2.37 bits per heavy atom. The Morgan fingerprint density at radius 1 is 1.21 bits per heavy atom. The molecule has 0 atom stereocenters. The molecule has 1 heterocycles. The molecule has 0 unspecified atom stereocenters. The molecule has 1 aliphatic carbocycles. The van der Waals surface area contributed by atoms with Crippen molar-refractivity contribution >= 4 is 27.3 Å². The average Bonchev–Trinajstić information content (AvgIpc) is 2.59. The quantitative estimate of drug-likeness (QED) is 0.787. The first-order valence-corrected chi connectivity index (χ1v) is 8.84. The molecule has 1 aromatic rings. The predicted molar refractivity (Wildman–Crippen MR) is 88.9 cm³/mol. The molecule has 0 aliphatic heterocycles. The van der Waals surface area contributed by atoms with E-state index in [1.165, 1.54) is 27.9 Å². The maximum absolute atomic E-state index is 3.78. The first kappa shape index (κ1) is 15.5. The number of hydrogen-bond donors (Lipinski definition) is 1. The van der Waals surface area contributed by atoms with Gasteiger partial charge in [0.2, 0.25) is 0 Å². The Labute approximate surface area is 130 Å². The summed E-state index contributed by atoms with van der Waals surface area (Å²) in [5.74, 6) is 0. The Bertz CT molecular complexity index is 406. The summed E-state index contributed by atoms with van der Waals surface area (Å²) in [4.78, 5) is 1.47. The molecule has 1 aromatic heterocycles. The summed E-state index contributed by atoms with van der Waals surface area (Å²) in [6, 6.07) is 5.06. The largest absolute Gasteiger partial charge is 0.314 e. The second-order valence-electron chi connectivity index (χ2n) is 7.52. The van der Waals surface area contributed by atoms with Gasteiger partial charge in [0.15, 0.2) is 0 Å². The van der Waals surface area contributed by atoms with Crippen LogP contribution in [-0.4, -0.2) is 12.6 Å². The van der Waals surface area contributed by atoms with E-state index in [2.05, 4.69) is 61.1 Å². The highest BCUT2D eigenvalue weighted by molar-refractivity contribution is 9.11. The van der Waals surface area contributed by atoms with Gasteiger partial charge in [0.25, 0.3) is 0 Å². The third-order valence-electron chi connectivity index (χ3n) is 3.99. The zero-order valence-electron chi connectivity index (χ0n) is 12.6. The number of nitrogens with one attached hydrogen (secondary N) is 1.